The molecule has 4 nitrogen and oxygen atoms in total. The van der Waals surface area contributed by atoms with E-state index in [1.165, 1.54) is 18.2 Å². The van der Waals surface area contributed by atoms with Gasteiger partial charge in [0.2, 0.25) is 0 Å². The van der Waals surface area contributed by atoms with Crippen LogP contribution >= 0.6 is 11.6 Å². The summed E-state index contributed by atoms with van der Waals surface area (Å²) in [6, 6.07) is 4.00. The summed E-state index contributed by atoms with van der Waals surface area (Å²) in [4.78, 5) is 12.0. The third-order valence-electron chi connectivity index (χ3n) is 3.55. The largest absolute Gasteiger partial charge is 0.461 e. The van der Waals surface area contributed by atoms with Crippen LogP contribution < -0.4 is 0 Å². The molecule has 0 spiro atoms. The molecule has 0 aliphatic carbocycles. The second kappa shape index (κ2) is 6.92. The number of nitrogens with zero attached hydrogens (tertiary/aromatic N) is 1. The lowest BCUT2D eigenvalue weighted by molar-refractivity contribution is -0.145. The number of ether oxygens (including phenoxy) is 1. The molecule has 0 fully saturated rings. The van der Waals surface area contributed by atoms with Crippen LogP contribution in [0, 0.1) is 19.7 Å². The third kappa shape index (κ3) is 3.85. The lowest BCUT2D eigenvalue weighted by Gasteiger charge is -2.12. The van der Waals surface area contributed by atoms with E-state index in [0.29, 0.717) is 5.56 Å². The van der Waals surface area contributed by atoms with Crippen LogP contribution in [0.15, 0.2) is 18.2 Å². The summed E-state index contributed by atoms with van der Waals surface area (Å²) in [5.41, 5.74) is 3.47. The first-order chi connectivity index (χ1) is 10.4. The Hall–Kier alpha value is -1.88. The van der Waals surface area contributed by atoms with Crippen molar-refractivity contribution in [2.45, 2.75) is 39.7 Å². The number of nitrogens with one attached hydrogen (secondary N) is 1. The first kappa shape index (κ1) is 16.5. The van der Waals surface area contributed by atoms with Gasteiger partial charge in [-0.15, -0.1) is 0 Å². The molecule has 0 saturated heterocycles. The van der Waals surface area contributed by atoms with E-state index in [-0.39, 0.29) is 29.9 Å². The topological polar surface area (TPSA) is 55.0 Å². The minimum Gasteiger partial charge on any atom is -0.461 e. The number of benzene rings is 1. The molecule has 1 N–H and O–H groups in total. The van der Waals surface area contributed by atoms with E-state index in [4.69, 9.17) is 16.3 Å². The molecule has 2 aromatic rings. The van der Waals surface area contributed by atoms with Crippen LogP contribution in [0.5, 0.6) is 0 Å². The van der Waals surface area contributed by atoms with Gasteiger partial charge >= 0.3 is 5.97 Å². The Morgan fingerprint density at radius 3 is 2.77 bits per heavy atom. The zero-order valence-electron chi connectivity index (χ0n) is 12.7. The van der Waals surface area contributed by atoms with Gasteiger partial charge in [-0.05, 0) is 37.5 Å². The van der Waals surface area contributed by atoms with E-state index < -0.39 is 5.82 Å². The number of aromatic nitrogens is 2. The quantitative estimate of drug-likeness (QED) is 0.844. The van der Waals surface area contributed by atoms with Crippen molar-refractivity contribution in [2.75, 3.05) is 0 Å². The summed E-state index contributed by atoms with van der Waals surface area (Å²) in [7, 11) is 0. The van der Waals surface area contributed by atoms with Gasteiger partial charge in [-0.1, -0.05) is 24.6 Å². The summed E-state index contributed by atoms with van der Waals surface area (Å²) in [6.07, 6.45) is 0.250. The average molecular weight is 325 g/mol. The van der Waals surface area contributed by atoms with E-state index in [0.717, 1.165) is 17.0 Å². The summed E-state index contributed by atoms with van der Waals surface area (Å²) in [5.74, 6) is -0.734. The Kier molecular flexibility index (Phi) is 5.19. The average Bonchev–Trinajstić information content (AvgIpc) is 2.77. The lowest BCUT2D eigenvalue weighted by Crippen LogP contribution is -2.10. The molecule has 1 atom stereocenters. The molecule has 1 unspecified atom stereocenters. The van der Waals surface area contributed by atoms with Gasteiger partial charge in [-0.25, -0.2) is 4.39 Å². The zero-order chi connectivity index (χ0) is 16.3. The van der Waals surface area contributed by atoms with Gasteiger partial charge in [0.1, 0.15) is 12.4 Å². The first-order valence-corrected chi connectivity index (χ1v) is 7.37. The normalized spacial score (nSPS) is 12.2. The maximum atomic E-state index is 13.0. The highest BCUT2D eigenvalue weighted by molar-refractivity contribution is 6.31. The Balaban J connectivity index is 1.93. The van der Waals surface area contributed by atoms with Crippen LogP contribution in [0.3, 0.4) is 0 Å². The van der Waals surface area contributed by atoms with Gasteiger partial charge in [-0.2, -0.15) is 5.10 Å². The number of rotatable bonds is 5. The van der Waals surface area contributed by atoms with Gasteiger partial charge < -0.3 is 4.74 Å². The Morgan fingerprint density at radius 1 is 1.45 bits per heavy atom. The number of carbonyl (C=O) groups is 1. The van der Waals surface area contributed by atoms with E-state index in [2.05, 4.69) is 10.2 Å². The van der Waals surface area contributed by atoms with Crippen LogP contribution in [0.1, 0.15) is 41.8 Å². The fraction of sp³-hybridized carbons (Fsp3) is 0.375. The molecule has 0 radical (unpaired) electrons. The molecule has 1 aromatic heterocycles. The number of hydrogen-bond acceptors (Lipinski definition) is 3. The molecule has 6 heteroatoms. The Labute approximate surface area is 133 Å². The SMILES string of the molecule is Cc1n[nH]c(C)c1C(C)CC(=O)OCc1ccc(F)cc1Cl. The molecule has 0 aliphatic rings. The number of hydrogen-bond donors (Lipinski definition) is 1. The molecule has 22 heavy (non-hydrogen) atoms. The Morgan fingerprint density at radius 2 is 2.18 bits per heavy atom. The molecular weight excluding hydrogens is 307 g/mol. The zero-order valence-corrected chi connectivity index (χ0v) is 13.5. The monoisotopic (exact) mass is 324 g/mol. The Bertz CT molecular complexity index is 665. The highest BCUT2D eigenvalue weighted by atomic mass is 35.5. The van der Waals surface area contributed by atoms with Crippen LogP contribution in [-0.2, 0) is 16.1 Å². The van der Waals surface area contributed by atoms with Crippen molar-refractivity contribution in [2.24, 2.45) is 0 Å². The highest BCUT2D eigenvalue weighted by Crippen LogP contribution is 2.25. The number of aryl methyl sites for hydroxylation is 2. The summed E-state index contributed by atoms with van der Waals surface area (Å²) < 4.78 is 18.2. The van der Waals surface area contributed by atoms with Gasteiger partial charge in [0.05, 0.1) is 17.1 Å². The first-order valence-electron chi connectivity index (χ1n) is 6.99. The number of esters is 1. The van der Waals surface area contributed by atoms with Crippen molar-refractivity contribution >= 4 is 17.6 Å². The number of halogens is 2. The molecular formula is C16H18ClFN2O2. The van der Waals surface area contributed by atoms with Gasteiger partial charge in [0.15, 0.2) is 0 Å². The van der Waals surface area contributed by atoms with Crippen LogP contribution in [0.2, 0.25) is 5.02 Å². The van der Waals surface area contributed by atoms with Crippen LogP contribution in [0.4, 0.5) is 4.39 Å². The molecule has 0 bridgehead atoms. The molecule has 0 saturated carbocycles. The maximum Gasteiger partial charge on any atom is 0.306 e. The summed E-state index contributed by atoms with van der Waals surface area (Å²) in [6.45, 7) is 5.82. The van der Waals surface area contributed by atoms with Crippen LogP contribution in [0.25, 0.3) is 0 Å². The smallest absolute Gasteiger partial charge is 0.306 e. The number of H-pyrrole nitrogens is 1. The summed E-state index contributed by atoms with van der Waals surface area (Å²) in [5, 5.41) is 7.29. The fourth-order valence-corrected chi connectivity index (χ4v) is 2.72. The molecule has 118 valence electrons. The van der Waals surface area contributed by atoms with Crippen molar-refractivity contribution in [1.29, 1.82) is 0 Å². The molecule has 1 aromatic carbocycles. The molecule has 2 rings (SSSR count). The number of aromatic amines is 1. The molecule has 0 amide bonds. The van der Waals surface area contributed by atoms with Gasteiger partial charge in [0, 0.05) is 11.3 Å². The van der Waals surface area contributed by atoms with Gasteiger partial charge in [-0.3, -0.25) is 9.89 Å². The van der Waals surface area contributed by atoms with Crippen molar-refractivity contribution in [3.8, 4) is 0 Å². The van der Waals surface area contributed by atoms with Crippen molar-refractivity contribution in [1.82, 2.24) is 10.2 Å². The minimum atomic E-state index is -0.417. The van der Waals surface area contributed by atoms with E-state index >= 15 is 0 Å². The highest BCUT2D eigenvalue weighted by Gasteiger charge is 2.18. The summed E-state index contributed by atoms with van der Waals surface area (Å²) >= 11 is 5.90. The predicted octanol–water partition coefficient (Wildman–Crippen LogP) is 4.06. The number of carbonyl (C=O) groups excluding carboxylic acids is 1. The second-order valence-electron chi connectivity index (χ2n) is 5.35. The second-order valence-corrected chi connectivity index (χ2v) is 5.76. The maximum absolute atomic E-state index is 13.0. The predicted molar refractivity (Wildman–Crippen MR) is 82.3 cm³/mol. The van der Waals surface area contributed by atoms with Gasteiger partial charge in [0.25, 0.3) is 0 Å². The van der Waals surface area contributed by atoms with Crippen molar-refractivity contribution in [3.05, 3.63) is 51.6 Å². The lowest BCUT2D eigenvalue weighted by atomic mass is 9.96. The third-order valence-corrected chi connectivity index (χ3v) is 3.91. The van der Waals surface area contributed by atoms with E-state index in [1.54, 1.807) is 0 Å². The van der Waals surface area contributed by atoms with E-state index in [1.807, 2.05) is 20.8 Å². The standard InChI is InChI=1S/C16H18ClFN2O2/c1-9(16-10(2)19-20-11(16)3)6-15(21)22-8-12-4-5-13(18)7-14(12)17/h4-5,7,9H,6,8H2,1-3H3,(H,19,20). The fourth-order valence-electron chi connectivity index (χ4n) is 2.49. The van der Waals surface area contributed by atoms with E-state index in [9.17, 15) is 9.18 Å². The molecule has 0 aliphatic heterocycles. The van der Waals surface area contributed by atoms with Crippen molar-refractivity contribution in [3.63, 3.8) is 0 Å². The minimum absolute atomic E-state index is 0.00920. The van der Waals surface area contributed by atoms with Crippen molar-refractivity contribution < 1.29 is 13.9 Å². The van der Waals surface area contributed by atoms with Crippen LogP contribution in [-0.4, -0.2) is 16.2 Å². The molecule has 1 heterocycles.